The Morgan fingerprint density at radius 2 is 2.00 bits per heavy atom. The molecule has 72 valence electrons. The van der Waals surface area contributed by atoms with Crippen LogP contribution in [-0.2, 0) is 6.54 Å². The second-order valence-corrected chi connectivity index (χ2v) is 3.34. The molecule has 0 aliphatic rings. The third-order valence-electron chi connectivity index (χ3n) is 2.08. The van der Waals surface area contributed by atoms with Crippen molar-refractivity contribution in [2.45, 2.75) is 6.54 Å². The minimum absolute atomic E-state index is 0.449. The van der Waals surface area contributed by atoms with Gasteiger partial charge in [0.1, 0.15) is 0 Å². The normalized spacial score (nSPS) is 11.1. The van der Waals surface area contributed by atoms with Crippen molar-refractivity contribution in [2.75, 3.05) is 7.05 Å². The molecule has 0 fully saturated rings. The van der Waals surface area contributed by atoms with E-state index in [-0.39, 0.29) is 0 Å². The lowest BCUT2D eigenvalue weighted by Gasteiger charge is -2.07. The number of benzene rings is 1. The number of fused-ring (bicyclic) bond motifs is 1. The van der Waals surface area contributed by atoms with Crippen LogP contribution in [0.2, 0.25) is 0 Å². The molecular weight excluding hydrogens is 176 g/mol. The van der Waals surface area contributed by atoms with Crippen LogP contribution in [0.1, 0.15) is 5.69 Å². The second kappa shape index (κ2) is 3.74. The summed E-state index contributed by atoms with van der Waals surface area (Å²) in [7, 11) is 1.61. The van der Waals surface area contributed by atoms with Crippen molar-refractivity contribution in [3.63, 3.8) is 0 Å². The molecule has 1 aromatic heterocycles. The van der Waals surface area contributed by atoms with E-state index in [1.54, 1.807) is 7.05 Å². The van der Waals surface area contributed by atoms with Gasteiger partial charge in [-0.05, 0) is 11.5 Å². The molecule has 0 saturated carbocycles. The molecule has 0 unspecified atom stereocenters. The Hall–Kier alpha value is -1.45. The second-order valence-electron chi connectivity index (χ2n) is 3.34. The van der Waals surface area contributed by atoms with E-state index in [0.717, 1.165) is 21.5 Å². The summed E-state index contributed by atoms with van der Waals surface area (Å²) in [6.45, 7) is 0.449. The predicted molar refractivity (Wildman–Crippen MR) is 55.0 cm³/mol. The SMILES string of the molecule is CN(O)Cc1cc2ccccc2cn1. The number of rotatable bonds is 2. The van der Waals surface area contributed by atoms with Gasteiger partial charge in [-0.1, -0.05) is 24.3 Å². The summed E-state index contributed by atoms with van der Waals surface area (Å²) in [5.74, 6) is 0. The molecule has 3 heteroatoms. The Kier molecular flexibility index (Phi) is 2.43. The monoisotopic (exact) mass is 188 g/mol. The van der Waals surface area contributed by atoms with E-state index in [4.69, 9.17) is 5.21 Å². The summed E-state index contributed by atoms with van der Waals surface area (Å²) < 4.78 is 0. The van der Waals surface area contributed by atoms with Gasteiger partial charge in [0.25, 0.3) is 0 Å². The molecular formula is C11H12N2O. The topological polar surface area (TPSA) is 36.4 Å². The van der Waals surface area contributed by atoms with Crippen LogP contribution in [0.25, 0.3) is 10.8 Å². The summed E-state index contributed by atoms with van der Waals surface area (Å²) in [5.41, 5.74) is 0.869. The highest BCUT2D eigenvalue weighted by molar-refractivity contribution is 5.81. The van der Waals surface area contributed by atoms with E-state index in [1.165, 1.54) is 0 Å². The molecule has 14 heavy (non-hydrogen) atoms. The number of hydrogen-bond acceptors (Lipinski definition) is 3. The van der Waals surface area contributed by atoms with Crippen LogP contribution >= 0.6 is 0 Å². The molecule has 1 N–H and O–H groups in total. The maximum Gasteiger partial charge on any atom is 0.0658 e. The van der Waals surface area contributed by atoms with E-state index in [1.807, 2.05) is 36.5 Å². The molecule has 0 aliphatic carbocycles. The number of aromatic nitrogens is 1. The summed E-state index contributed by atoms with van der Waals surface area (Å²) >= 11 is 0. The molecule has 2 rings (SSSR count). The first-order valence-corrected chi connectivity index (χ1v) is 4.49. The van der Waals surface area contributed by atoms with Gasteiger partial charge in [0.15, 0.2) is 0 Å². The zero-order valence-electron chi connectivity index (χ0n) is 8.01. The number of hydroxylamine groups is 2. The maximum absolute atomic E-state index is 9.07. The summed E-state index contributed by atoms with van der Waals surface area (Å²) in [4.78, 5) is 4.25. The largest absolute Gasteiger partial charge is 0.314 e. The van der Waals surface area contributed by atoms with Crippen molar-refractivity contribution in [2.24, 2.45) is 0 Å². The standard InChI is InChI=1S/C11H12N2O/c1-13(14)8-11-6-9-4-2-3-5-10(9)7-12-11/h2-7,14H,8H2,1H3. The average Bonchev–Trinajstić information content (AvgIpc) is 2.17. The van der Waals surface area contributed by atoms with Crippen LogP contribution in [-0.4, -0.2) is 22.3 Å². The molecule has 0 saturated heterocycles. The summed E-state index contributed by atoms with van der Waals surface area (Å²) in [5, 5.41) is 12.5. The first kappa shape index (κ1) is 9.12. The molecule has 2 aromatic rings. The van der Waals surface area contributed by atoms with Crippen molar-refractivity contribution in [3.8, 4) is 0 Å². The van der Waals surface area contributed by atoms with Gasteiger partial charge < -0.3 is 5.21 Å². The fourth-order valence-corrected chi connectivity index (χ4v) is 1.45. The van der Waals surface area contributed by atoms with Gasteiger partial charge in [-0.25, -0.2) is 0 Å². The lowest BCUT2D eigenvalue weighted by Crippen LogP contribution is -2.12. The Morgan fingerprint density at radius 1 is 1.29 bits per heavy atom. The molecule has 0 radical (unpaired) electrons. The number of nitrogens with zero attached hydrogens (tertiary/aromatic N) is 2. The molecule has 3 nitrogen and oxygen atoms in total. The number of hydrogen-bond donors (Lipinski definition) is 1. The third kappa shape index (κ3) is 1.89. The molecule has 0 spiro atoms. The van der Waals surface area contributed by atoms with Gasteiger partial charge in [-0.3, -0.25) is 4.98 Å². The lowest BCUT2D eigenvalue weighted by molar-refractivity contribution is -0.0740. The number of pyridine rings is 1. The van der Waals surface area contributed by atoms with Crippen LogP contribution in [0.5, 0.6) is 0 Å². The van der Waals surface area contributed by atoms with E-state index in [0.29, 0.717) is 6.54 Å². The van der Waals surface area contributed by atoms with E-state index >= 15 is 0 Å². The van der Waals surface area contributed by atoms with E-state index in [2.05, 4.69) is 4.98 Å². The minimum Gasteiger partial charge on any atom is -0.314 e. The Bertz CT molecular complexity index is 440. The fourth-order valence-electron chi connectivity index (χ4n) is 1.45. The Labute approximate surface area is 82.6 Å². The van der Waals surface area contributed by atoms with Gasteiger partial charge in [-0.15, -0.1) is 0 Å². The molecule has 0 aliphatic heterocycles. The van der Waals surface area contributed by atoms with E-state index < -0.39 is 0 Å². The molecule has 0 bridgehead atoms. The van der Waals surface area contributed by atoms with Crippen molar-refractivity contribution in [1.29, 1.82) is 0 Å². The highest BCUT2D eigenvalue weighted by atomic mass is 16.5. The van der Waals surface area contributed by atoms with Gasteiger partial charge in [-0.2, -0.15) is 5.06 Å². The molecule has 1 heterocycles. The predicted octanol–water partition coefficient (Wildman–Crippen LogP) is 2.06. The zero-order chi connectivity index (χ0) is 9.97. The van der Waals surface area contributed by atoms with Gasteiger partial charge >= 0.3 is 0 Å². The smallest absolute Gasteiger partial charge is 0.0658 e. The van der Waals surface area contributed by atoms with Gasteiger partial charge in [0.05, 0.1) is 12.2 Å². The Balaban J connectivity index is 2.41. The van der Waals surface area contributed by atoms with Crippen molar-refractivity contribution in [3.05, 3.63) is 42.2 Å². The van der Waals surface area contributed by atoms with Gasteiger partial charge in [0, 0.05) is 18.6 Å². The third-order valence-corrected chi connectivity index (χ3v) is 2.08. The van der Waals surface area contributed by atoms with Crippen LogP contribution < -0.4 is 0 Å². The summed E-state index contributed by atoms with van der Waals surface area (Å²) in [6.07, 6.45) is 1.83. The van der Waals surface area contributed by atoms with Crippen molar-refractivity contribution in [1.82, 2.24) is 10.0 Å². The van der Waals surface area contributed by atoms with E-state index in [9.17, 15) is 0 Å². The molecule has 1 aromatic carbocycles. The quantitative estimate of drug-likeness (QED) is 0.733. The first-order valence-electron chi connectivity index (χ1n) is 4.49. The highest BCUT2D eigenvalue weighted by Crippen LogP contribution is 2.13. The van der Waals surface area contributed by atoms with Crippen LogP contribution in [0, 0.1) is 0 Å². The molecule has 0 amide bonds. The highest BCUT2D eigenvalue weighted by Gasteiger charge is 1.99. The zero-order valence-corrected chi connectivity index (χ0v) is 8.01. The van der Waals surface area contributed by atoms with Crippen molar-refractivity contribution < 1.29 is 5.21 Å². The molecule has 0 atom stereocenters. The maximum atomic E-state index is 9.07. The van der Waals surface area contributed by atoms with Crippen LogP contribution in [0.15, 0.2) is 36.5 Å². The van der Waals surface area contributed by atoms with Crippen LogP contribution in [0.3, 0.4) is 0 Å². The average molecular weight is 188 g/mol. The fraction of sp³-hybridized carbons (Fsp3) is 0.182. The minimum atomic E-state index is 0.449. The lowest BCUT2D eigenvalue weighted by atomic mass is 10.1. The Morgan fingerprint density at radius 3 is 2.71 bits per heavy atom. The van der Waals surface area contributed by atoms with Gasteiger partial charge in [0.2, 0.25) is 0 Å². The van der Waals surface area contributed by atoms with Crippen LogP contribution in [0.4, 0.5) is 0 Å². The first-order chi connectivity index (χ1) is 6.75. The van der Waals surface area contributed by atoms with Crippen molar-refractivity contribution >= 4 is 10.8 Å². The summed E-state index contributed by atoms with van der Waals surface area (Å²) in [6, 6.07) is 10.0.